The van der Waals surface area contributed by atoms with Crippen LogP contribution < -0.4 is 5.73 Å². The molecule has 2 rings (SSSR count). The van der Waals surface area contributed by atoms with Gasteiger partial charge in [0.15, 0.2) is 0 Å². The number of carbonyl (C=O) groups excluding carboxylic acids is 1. The molecule has 1 heterocycles. The Labute approximate surface area is 97.1 Å². The van der Waals surface area contributed by atoms with Crippen molar-refractivity contribution in [3.8, 4) is 0 Å². The van der Waals surface area contributed by atoms with Crippen molar-refractivity contribution in [2.75, 3.05) is 20.1 Å². The lowest BCUT2D eigenvalue weighted by molar-refractivity contribution is -0.151. The summed E-state index contributed by atoms with van der Waals surface area (Å²) in [7, 11) is 1.84. The van der Waals surface area contributed by atoms with Gasteiger partial charge in [0.1, 0.15) is 6.10 Å². The molecule has 1 atom stereocenters. The first kappa shape index (κ1) is 11.9. The van der Waals surface area contributed by atoms with E-state index in [1.165, 1.54) is 19.3 Å². The zero-order valence-electron chi connectivity index (χ0n) is 10.1. The smallest absolute Gasteiger partial charge is 0.251 e. The number of hydrogen-bond acceptors (Lipinski definition) is 3. The predicted octanol–water partition coefficient (Wildman–Crippen LogP) is 0.895. The van der Waals surface area contributed by atoms with Gasteiger partial charge in [-0.05, 0) is 12.8 Å². The van der Waals surface area contributed by atoms with Crippen molar-refractivity contribution in [3.05, 3.63) is 0 Å². The fourth-order valence-corrected chi connectivity index (χ4v) is 2.77. The Kier molecular flexibility index (Phi) is 3.50. The molecular weight excluding hydrogens is 204 g/mol. The van der Waals surface area contributed by atoms with Crippen molar-refractivity contribution in [1.29, 1.82) is 0 Å². The van der Waals surface area contributed by atoms with E-state index in [9.17, 15) is 4.79 Å². The Morgan fingerprint density at radius 3 is 2.62 bits per heavy atom. The molecule has 0 aromatic carbocycles. The van der Waals surface area contributed by atoms with Crippen LogP contribution in [0.25, 0.3) is 0 Å². The van der Waals surface area contributed by atoms with Gasteiger partial charge in [-0.25, -0.2) is 0 Å². The van der Waals surface area contributed by atoms with Gasteiger partial charge >= 0.3 is 0 Å². The van der Waals surface area contributed by atoms with Gasteiger partial charge in [-0.15, -0.1) is 0 Å². The van der Waals surface area contributed by atoms with Crippen molar-refractivity contribution >= 4 is 5.91 Å². The minimum Gasteiger partial charge on any atom is -0.361 e. The zero-order valence-corrected chi connectivity index (χ0v) is 10.1. The lowest BCUT2D eigenvalue weighted by Crippen LogP contribution is -2.46. The molecule has 2 aliphatic rings. The molecular formula is C12H22N2O2. The number of nitrogens with zero attached hydrogens (tertiary/aromatic N) is 1. The van der Waals surface area contributed by atoms with Crippen LogP contribution in [-0.2, 0) is 9.53 Å². The van der Waals surface area contributed by atoms with Crippen molar-refractivity contribution < 1.29 is 9.53 Å². The molecule has 1 saturated carbocycles. The molecule has 1 saturated heterocycles. The van der Waals surface area contributed by atoms with Crippen LogP contribution in [0.4, 0.5) is 0 Å². The molecule has 1 aliphatic carbocycles. The van der Waals surface area contributed by atoms with Gasteiger partial charge in [-0.2, -0.15) is 0 Å². The summed E-state index contributed by atoms with van der Waals surface area (Å²) in [6.07, 6.45) is 6.21. The highest BCUT2D eigenvalue weighted by Gasteiger charge is 2.39. The van der Waals surface area contributed by atoms with Crippen LogP contribution >= 0.6 is 0 Å². The third-order valence-corrected chi connectivity index (χ3v) is 3.91. The number of ether oxygens (including phenoxy) is 1. The molecule has 0 bridgehead atoms. The van der Waals surface area contributed by atoms with Gasteiger partial charge in [-0.3, -0.25) is 4.79 Å². The Bertz CT molecular complexity index is 262. The average molecular weight is 226 g/mol. The highest BCUT2D eigenvalue weighted by Crippen LogP contribution is 2.33. The molecule has 0 radical (unpaired) electrons. The first-order valence-corrected chi connectivity index (χ1v) is 6.30. The number of amides is 1. The van der Waals surface area contributed by atoms with E-state index in [0.29, 0.717) is 6.54 Å². The van der Waals surface area contributed by atoms with Crippen LogP contribution in [0.1, 0.15) is 38.5 Å². The number of rotatable bonds is 3. The van der Waals surface area contributed by atoms with E-state index >= 15 is 0 Å². The summed E-state index contributed by atoms with van der Waals surface area (Å²) < 4.78 is 6.06. The van der Waals surface area contributed by atoms with Crippen LogP contribution in [0.2, 0.25) is 0 Å². The maximum absolute atomic E-state index is 11.8. The topological polar surface area (TPSA) is 55.6 Å². The molecule has 1 amide bonds. The van der Waals surface area contributed by atoms with Crippen LogP contribution in [-0.4, -0.2) is 42.6 Å². The molecule has 2 N–H and O–H groups in total. The zero-order chi connectivity index (χ0) is 11.6. The van der Waals surface area contributed by atoms with Crippen LogP contribution in [0.3, 0.4) is 0 Å². The number of carbonyl (C=O) groups is 1. The average Bonchev–Trinajstić information content (AvgIpc) is 2.62. The molecule has 0 aromatic heterocycles. The molecule has 4 nitrogen and oxygen atoms in total. The van der Waals surface area contributed by atoms with E-state index < -0.39 is 0 Å². The Hall–Kier alpha value is -0.610. The number of nitrogens with two attached hydrogens (primary N) is 1. The van der Waals surface area contributed by atoms with Crippen molar-refractivity contribution in [2.24, 2.45) is 5.73 Å². The number of likely N-dealkylation sites (tertiary alicyclic amines) is 1. The normalized spacial score (nSPS) is 29.8. The van der Waals surface area contributed by atoms with Gasteiger partial charge in [0.05, 0.1) is 5.60 Å². The Balaban J connectivity index is 1.98. The quantitative estimate of drug-likeness (QED) is 0.777. The van der Waals surface area contributed by atoms with E-state index in [-0.39, 0.29) is 17.6 Å². The van der Waals surface area contributed by atoms with E-state index in [0.717, 1.165) is 25.8 Å². The van der Waals surface area contributed by atoms with Crippen LogP contribution in [0.5, 0.6) is 0 Å². The molecule has 4 heteroatoms. The lowest BCUT2D eigenvalue weighted by atomic mass is 9.84. The van der Waals surface area contributed by atoms with Crippen molar-refractivity contribution in [1.82, 2.24) is 4.90 Å². The van der Waals surface area contributed by atoms with Crippen LogP contribution in [0.15, 0.2) is 0 Å². The fraction of sp³-hybridized carbons (Fsp3) is 0.917. The molecule has 2 fully saturated rings. The van der Waals surface area contributed by atoms with E-state index in [2.05, 4.69) is 0 Å². The summed E-state index contributed by atoms with van der Waals surface area (Å²) in [6.45, 7) is 1.35. The van der Waals surface area contributed by atoms with Gasteiger partial charge in [0, 0.05) is 26.6 Å². The molecule has 1 unspecified atom stereocenters. The molecule has 1 aliphatic heterocycles. The second kappa shape index (κ2) is 4.72. The molecule has 92 valence electrons. The summed E-state index contributed by atoms with van der Waals surface area (Å²) in [5.74, 6) is 0.124. The third-order valence-electron chi connectivity index (χ3n) is 3.91. The van der Waals surface area contributed by atoms with Crippen molar-refractivity contribution in [2.45, 2.75) is 50.2 Å². The van der Waals surface area contributed by atoms with Gasteiger partial charge in [0.2, 0.25) is 0 Å². The second-order valence-electron chi connectivity index (χ2n) is 5.10. The largest absolute Gasteiger partial charge is 0.361 e. The SMILES string of the molecule is CN1CCC(OC2(CN)CCCCC2)C1=O. The first-order chi connectivity index (χ1) is 7.67. The molecule has 0 aromatic rings. The van der Waals surface area contributed by atoms with Crippen LogP contribution in [0, 0.1) is 0 Å². The van der Waals surface area contributed by atoms with E-state index in [1.807, 2.05) is 7.05 Å². The minimum atomic E-state index is -0.244. The van der Waals surface area contributed by atoms with Gasteiger partial charge in [0.25, 0.3) is 5.91 Å². The monoisotopic (exact) mass is 226 g/mol. The second-order valence-corrected chi connectivity index (χ2v) is 5.10. The van der Waals surface area contributed by atoms with Gasteiger partial charge in [-0.1, -0.05) is 19.3 Å². The summed E-state index contributed by atoms with van der Waals surface area (Å²) in [4.78, 5) is 13.5. The van der Waals surface area contributed by atoms with E-state index in [4.69, 9.17) is 10.5 Å². The van der Waals surface area contributed by atoms with Crippen molar-refractivity contribution in [3.63, 3.8) is 0 Å². The fourth-order valence-electron chi connectivity index (χ4n) is 2.77. The number of hydrogen-bond donors (Lipinski definition) is 1. The standard InChI is InChI=1S/C12H22N2O2/c1-14-8-5-10(11(14)15)16-12(9-13)6-3-2-4-7-12/h10H,2-9,13H2,1H3. The lowest BCUT2D eigenvalue weighted by Gasteiger charge is -2.37. The summed E-state index contributed by atoms with van der Waals surface area (Å²) >= 11 is 0. The molecule has 0 spiro atoms. The number of likely N-dealkylation sites (N-methyl/N-ethyl adjacent to an activating group) is 1. The Morgan fingerprint density at radius 2 is 2.12 bits per heavy atom. The maximum Gasteiger partial charge on any atom is 0.251 e. The summed E-state index contributed by atoms with van der Waals surface area (Å²) in [5.41, 5.74) is 5.63. The minimum absolute atomic E-state index is 0.124. The molecule has 16 heavy (non-hydrogen) atoms. The highest BCUT2D eigenvalue weighted by molar-refractivity contribution is 5.82. The maximum atomic E-state index is 11.8. The highest BCUT2D eigenvalue weighted by atomic mass is 16.5. The predicted molar refractivity (Wildman–Crippen MR) is 62.0 cm³/mol. The van der Waals surface area contributed by atoms with E-state index in [1.54, 1.807) is 4.90 Å². The Morgan fingerprint density at radius 1 is 1.44 bits per heavy atom. The summed E-state index contributed by atoms with van der Waals surface area (Å²) in [5, 5.41) is 0. The third kappa shape index (κ3) is 2.23. The summed E-state index contributed by atoms with van der Waals surface area (Å²) in [6, 6.07) is 0. The first-order valence-electron chi connectivity index (χ1n) is 6.30. The van der Waals surface area contributed by atoms with Gasteiger partial charge < -0.3 is 15.4 Å².